The molecule has 0 aromatic heterocycles. The summed E-state index contributed by atoms with van der Waals surface area (Å²) in [5, 5.41) is 9.82. The summed E-state index contributed by atoms with van der Waals surface area (Å²) in [5.74, 6) is -1.49. The molecule has 0 amide bonds. The molecular formula is C62H111O11P. The van der Waals surface area contributed by atoms with E-state index in [0.29, 0.717) is 19.3 Å². The van der Waals surface area contributed by atoms with E-state index in [4.69, 9.17) is 23.3 Å². The first-order chi connectivity index (χ1) is 36.2. The number of allylic oxidation sites excluding steroid dienone is 10. The zero-order chi connectivity index (χ0) is 54.1. The monoisotopic (exact) mass is 1060 g/mol. The quantitative estimate of drug-likeness (QED) is 0.0197. The number of hydrogen-bond acceptors (Lipinski definition) is 10. The molecule has 74 heavy (non-hydrogen) atoms. The van der Waals surface area contributed by atoms with Gasteiger partial charge < -0.3 is 24.2 Å². The Kier molecular flexibility index (Phi) is 54.2. The van der Waals surface area contributed by atoms with Crippen molar-refractivity contribution in [3.8, 4) is 0 Å². The van der Waals surface area contributed by atoms with Gasteiger partial charge in [0.15, 0.2) is 6.10 Å². The zero-order valence-corrected chi connectivity index (χ0v) is 48.5. The maximum Gasteiger partial charge on any atom is 0.472 e. The van der Waals surface area contributed by atoms with Crippen molar-refractivity contribution in [1.82, 2.24) is 0 Å². The largest absolute Gasteiger partial charge is 0.472 e. The van der Waals surface area contributed by atoms with Crippen molar-refractivity contribution in [2.45, 2.75) is 290 Å². The van der Waals surface area contributed by atoms with Crippen LogP contribution in [0.15, 0.2) is 60.8 Å². The molecule has 0 spiro atoms. The van der Waals surface area contributed by atoms with Gasteiger partial charge in [0.25, 0.3) is 0 Å². The Balaban J connectivity index is 4.74. The van der Waals surface area contributed by atoms with E-state index in [1.54, 1.807) is 0 Å². The number of carbonyl (C=O) groups excluding carboxylic acids is 3. The second-order valence-electron chi connectivity index (χ2n) is 20.2. The van der Waals surface area contributed by atoms with Crippen LogP contribution >= 0.6 is 7.82 Å². The van der Waals surface area contributed by atoms with Crippen LogP contribution in [0.1, 0.15) is 278 Å². The molecular weight excluding hydrogens is 952 g/mol. The number of phosphoric acid groups is 1. The normalized spacial score (nSPS) is 13.7. The van der Waals surface area contributed by atoms with Gasteiger partial charge in [0.05, 0.1) is 19.8 Å². The molecule has 0 rings (SSSR count). The van der Waals surface area contributed by atoms with E-state index in [0.717, 1.165) is 122 Å². The van der Waals surface area contributed by atoms with Crippen LogP contribution in [0, 0.1) is 0 Å². The van der Waals surface area contributed by atoms with Crippen molar-refractivity contribution < 1.29 is 52.2 Å². The molecule has 11 nitrogen and oxygen atoms in total. The van der Waals surface area contributed by atoms with Crippen LogP contribution in [-0.2, 0) is 42.2 Å². The van der Waals surface area contributed by atoms with Crippen molar-refractivity contribution in [2.75, 3.05) is 26.4 Å². The van der Waals surface area contributed by atoms with Crippen molar-refractivity contribution in [3.63, 3.8) is 0 Å². The molecule has 0 bridgehead atoms. The first-order valence-corrected chi connectivity index (χ1v) is 31.7. The lowest BCUT2D eigenvalue weighted by molar-refractivity contribution is -0.161. The van der Waals surface area contributed by atoms with Gasteiger partial charge in [0, 0.05) is 19.3 Å². The van der Waals surface area contributed by atoms with Gasteiger partial charge in [-0.05, 0) is 109 Å². The fourth-order valence-electron chi connectivity index (χ4n) is 8.23. The molecule has 0 aliphatic heterocycles. The number of aliphatic hydroxyl groups excluding tert-OH is 1. The van der Waals surface area contributed by atoms with E-state index < -0.39 is 57.8 Å². The van der Waals surface area contributed by atoms with Crippen LogP contribution in [-0.4, -0.2) is 66.5 Å². The minimum Gasteiger partial charge on any atom is -0.462 e. The highest BCUT2D eigenvalue weighted by molar-refractivity contribution is 7.47. The average Bonchev–Trinajstić information content (AvgIpc) is 3.39. The van der Waals surface area contributed by atoms with Gasteiger partial charge >= 0.3 is 25.7 Å². The van der Waals surface area contributed by atoms with E-state index in [2.05, 4.69) is 81.5 Å². The van der Waals surface area contributed by atoms with Gasteiger partial charge in [0.2, 0.25) is 0 Å². The third-order valence-electron chi connectivity index (χ3n) is 12.9. The van der Waals surface area contributed by atoms with Gasteiger partial charge in [0.1, 0.15) is 12.7 Å². The van der Waals surface area contributed by atoms with E-state index >= 15 is 0 Å². The number of unbranched alkanes of at least 4 members (excludes halogenated alkanes) is 29. The summed E-state index contributed by atoms with van der Waals surface area (Å²) in [5.41, 5.74) is 0. The molecule has 430 valence electrons. The molecule has 0 radical (unpaired) electrons. The minimum absolute atomic E-state index is 0.156. The molecule has 0 fully saturated rings. The molecule has 0 saturated heterocycles. The van der Waals surface area contributed by atoms with Crippen LogP contribution in [0.3, 0.4) is 0 Å². The van der Waals surface area contributed by atoms with Crippen molar-refractivity contribution in [3.05, 3.63) is 60.8 Å². The highest BCUT2D eigenvalue weighted by Crippen LogP contribution is 2.43. The summed E-state index contributed by atoms with van der Waals surface area (Å²) in [4.78, 5) is 48.6. The molecule has 12 heteroatoms. The van der Waals surface area contributed by atoms with Crippen molar-refractivity contribution in [1.29, 1.82) is 0 Å². The highest BCUT2D eigenvalue weighted by Gasteiger charge is 2.28. The van der Waals surface area contributed by atoms with Crippen LogP contribution in [0.4, 0.5) is 0 Å². The Bertz CT molecular complexity index is 1470. The maximum atomic E-state index is 12.9. The SMILES string of the molecule is CCCCC/C=C\C/C=C\CCCCCCCCCC(=O)OC(COC(=O)CCCCCCC/C=C\CCCCCCCC)COP(=O)(O)OCC(CO)OC(=O)CCCCCCC/C=C\C/C=C\CCCCC. The van der Waals surface area contributed by atoms with Crippen molar-refractivity contribution in [2.24, 2.45) is 0 Å². The number of rotatable bonds is 56. The van der Waals surface area contributed by atoms with Gasteiger partial charge in [-0.15, -0.1) is 0 Å². The third-order valence-corrected chi connectivity index (χ3v) is 13.8. The second-order valence-corrected chi connectivity index (χ2v) is 21.6. The number of esters is 3. The standard InChI is InChI=1S/C62H111O11P/c1-4-7-10-13-16-19-22-25-28-29-32-35-38-41-44-47-50-53-62(66)73-59(55-69-60(64)51-48-45-42-39-36-33-30-26-23-20-17-14-11-8-5-2)57-71-74(67,68)70-56-58(54-63)72-61(65)52-49-46-43-40-37-34-31-27-24-21-18-15-12-9-6-3/h16,18-19,21,25-28,30-31,58-59,63H,4-15,17,20,22-24,29,32-57H2,1-3H3,(H,67,68)/b19-16-,21-18-,28-25-,30-26-,31-27-. The summed E-state index contributed by atoms with van der Waals surface area (Å²) in [6, 6.07) is 0. The number of ether oxygens (including phenoxy) is 3. The molecule has 2 N–H and O–H groups in total. The topological polar surface area (TPSA) is 155 Å². The summed E-state index contributed by atoms with van der Waals surface area (Å²) in [7, 11) is -4.76. The lowest BCUT2D eigenvalue weighted by Gasteiger charge is -2.21. The Morgan fingerprint density at radius 2 is 0.662 bits per heavy atom. The van der Waals surface area contributed by atoms with Gasteiger partial charge in [-0.25, -0.2) is 4.57 Å². The Morgan fingerprint density at radius 3 is 1.04 bits per heavy atom. The first kappa shape index (κ1) is 71.2. The second kappa shape index (κ2) is 56.4. The van der Waals surface area contributed by atoms with Gasteiger partial charge in [-0.1, -0.05) is 210 Å². The summed E-state index contributed by atoms with van der Waals surface area (Å²) in [6.45, 7) is 4.58. The lowest BCUT2D eigenvalue weighted by Crippen LogP contribution is -2.30. The maximum absolute atomic E-state index is 12.9. The molecule has 3 unspecified atom stereocenters. The Hall–Kier alpha value is -2.82. The molecule has 3 atom stereocenters. The first-order valence-electron chi connectivity index (χ1n) is 30.2. The number of carbonyl (C=O) groups is 3. The fraction of sp³-hybridized carbons (Fsp3) is 0.790. The predicted octanol–water partition coefficient (Wildman–Crippen LogP) is 17.9. The summed E-state index contributed by atoms with van der Waals surface area (Å²) in [6.07, 6.45) is 61.6. The van der Waals surface area contributed by atoms with Crippen LogP contribution in [0.25, 0.3) is 0 Å². The van der Waals surface area contributed by atoms with E-state index in [-0.39, 0.29) is 25.9 Å². The summed E-state index contributed by atoms with van der Waals surface area (Å²) < 4.78 is 39.6. The zero-order valence-electron chi connectivity index (χ0n) is 47.6. The third kappa shape index (κ3) is 54.0. The van der Waals surface area contributed by atoms with Crippen molar-refractivity contribution >= 4 is 25.7 Å². The average molecular weight is 1060 g/mol. The Labute approximate surface area is 453 Å². The predicted molar refractivity (Wildman–Crippen MR) is 307 cm³/mol. The van der Waals surface area contributed by atoms with Crippen LogP contribution < -0.4 is 0 Å². The summed E-state index contributed by atoms with van der Waals surface area (Å²) >= 11 is 0. The van der Waals surface area contributed by atoms with E-state index in [1.807, 2.05) is 0 Å². The molecule has 0 heterocycles. The van der Waals surface area contributed by atoms with Crippen LogP contribution in [0.2, 0.25) is 0 Å². The molecule has 0 aliphatic carbocycles. The molecule has 0 aromatic rings. The number of phosphoric ester groups is 1. The van der Waals surface area contributed by atoms with E-state index in [1.165, 1.54) is 96.3 Å². The smallest absolute Gasteiger partial charge is 0.462 e. The molecule has 0 aromatic carbocycles. The van der Waals surface area contributed by atoms with Gasteiger partial charge in [-0.3, -0.25) is 23.4 Å². The number of hydrogen-bond donors (Lipinski definition) is 2. The molecule has 0 saturated carbocycles. The van der Waals surface area contributed by atoms with Gasteiger partial charge in [-0.2, -0.15) is 0 Å². The minimum atomic E-state index is -4.76. The fourth-order valence-corrected chi connectivity index (χ4v) is 9.02. The molecule has 0 aliphatic rings. The van der Waals surface area contributed by atoms with Crippen LogP contribution in [0.5, 0.6) is 0 Å². The lowest BCUT2D eigenvalue weighted by atomic mass is 10.1. The Morgan fingerprint density at radius 1 is 0.378 bits per heavy atom. The number of aliphatic hydroxyl groups is 1. The highest BCUT2D eigenvalue weighted by atomic mass is 31.2. The van der Waals surface area contributed by atoms with E-state index in [9.17, 15) is 28.9 Å².